The third-order valence-electron chi connectivity index (χ3n) is 1.54. The molecule has 0 N–H and O–H groups in total. The first-order chi connectivity index (χ1) is 4.20. The van der Waals surface area contributed by atoms with Crippen molar-refractivity contribution in [2.45, 2.75) is 26.9 Å². The molecular weight excluding hydrogens is 112 g/mol. The SMILES string of the molecule is CC1=C(C)O[C@@H](C)C=C1. The normalized spacial score (nSPS) is 26.3. The van der Waals surface area contributed by atoms with Gasteiger partial charge in [-0.3, -0.25) is 0 Å². The van der Waals surface area contributed by atoms with Gasteiger partial charge >= 0.3 is 0 Å². The Kier molecular flexibility index (Phi) is 1.60. The molecule has 0 unspecified atom stereocenters. The van der Waals surface area contributed by atoms with E-state index in [4.69, 9.17) is 4.74 Å². The summed E-state index contributed by atoms with van der Waals surface area (Å²) in [5.74, 6) is 1.05. The minimum absolute atomic E-state index is 0.258. The van der Waals surface area contributed by atoms with E-state index in [0.29, 0.717) is 0 Å². The predicted octanol–water partition coefficient (Wildman–Crippen LogP) is 2.26. The average Bonchev–Trinajstić information content (AvgIpc) is 1.80. The third-order valence-corrected chi connectivity index (χ3v) is 1.54. The van der Waals surface area contributed by atoms with Crippen LogP contribution in [-0.2, 0) is 4.74 Å². The molecule has 0 aromatic carbocycles. The van der Waals surface area contributed by atoms with Crippen molar-refractivity contribution in [1.82, 2.24) is 0 Å². The Morgan fingerprint density at radius 3 is 2.56 bits per heavy atom. The Hall–Kier alpha value is -0.720. The number of hydrogen-bond acceptors (Lipinski definition) is 1. The smallest absolute Gasteiger partial charge is 0.114 e. The molecule has 0 aromatic rings. The molecule has 1 aliphatic heterocycles. The highest BCUT2D eigenvalue weighted by Crippen LogP contribution is 2.15. The maximum Gasteiger partial charge on any atom is 0.114 e. The van der Waals surface area contributed by atoms with E-state index in [0.717, 1.165) is 5.76 Å². The molecule has 0 aliphatic carbocycles. The lowest BCUT2D eigenvalue weighted by atomic mass is 10.2. The summed E-state index contributed by atoms with van der Waals surface area (Å²) in [5, 5.41) is 0. The van der Waals surface area contributed by atoms with Gasteiger partial charge in [-0.15, -0.1) is 0 Å². The number of rotatable bonds is 0. The van der Waals surface area contributed by atoms with Gasteiger partial charge in [-0.05, 0) is 32.4 Å². The fourth-order valence-corrected chi connectivity index (χ4v) is 0.808. The van der Waals surface area contributed by atoms with Crippen LogP contribution in [0.4, 0.5) is 0 Å². The van der Waals surface area contributed by atoms with Crippen molar-refractivity contribution >= 4 is 0 Å². The highest BCUT2D eigenvalue weighted by molar-refractivity contribution is 5.23. The van der Waals surface area contributed by atoms with Crippen molar-refractivity contribution in [3.05, 3.63) is 23.5 Å². The summed E-state index contributed by atoms with van der Waals surface area (Å²) >= 11 is 0. The first kappa shape index (κ1) is 6.40. The number of hydrogen-bond donors (Lipinski definition) is 0. The molecule has 1 nitrogen and oxygen atoms in total. The van der Waals surface area contributed by atoms with Gasteiger partial charge < -0.3 is 4.74 Å². The molecular formula is C8H12O. The second-order valence-electron chi connectivity index (χ2n) is 2.42. The van der Waals surface area contributed by atoms with Crippen LogP contribution in [0, 0.1) is 0 Å². The lowest BCUT2D eigenvalue weighted by Crippen LogP contribution is -2.07. The zero-order valence-electron chi connectivity index (χ0n) is 6.14. The van der Waals surface area contributed by atoms with Crippen LogP contribution in [0.3, 0.4) is 0 Å². The number of allylic oxidation sites excluding steroid dienone is 3. The van der Waals surface area contributed by atoms with Crippen molar-refractivity contribution in [3.63, 3.8) is 0 Å². The molecule has 0 fully saturated rings. The highest BCUT2D eigenvalue weighted by atomic mass is 16.5. The highest BCUT2D eigenvalue weighted by Gasteiger charge is 2.04. The van der Waals surface area contributed by atoms with E-state index in [-0.39, 0.29) is 6.10 Å². The van der Waals surface area contributed by atoms with Crippen molar-refractivity contribution in [1.29, 1.82) is 0 Å². The number of ether oxygens (including phenoxy) is 1. The molecule has 0 radical (unpaired) electrons. The second-order valence-corrected chi connectivity index (χ2v) is 2.42. The van der Waals surface area contributed by atoms with Crippen molar-refractivity contribution in [3.8, 4) is 0 Å². The van der Waals surface area contributed by atoms with E-state index >= 15 is 0 Å². The van der Waals surface area contributed by atoms with E-state index in [1.807, 2.05) is 13.8 Å². The lowest BCUT2D eigenvalue weighted by Gasteiger charge is -2.16. The van der Waals surface area contributed by atoms with Gasteiger partial charge in [0, 0.05) is 0 Å². The average molecular weight is 124 g/mol. The van der Waals surface area contributed by atoms with E-state index in [9.17, 15) is 0 Å². The molecule has 0 saturated heterocycles. The first-order valence-corrected chi connectivity index (χ1v) is 3.22. The molecule has 0 saturated carbocycles. The van der Waals surface area contributed by atoms with Crippen LogP contribution in [0.2, 0.25) is 0 Å². The van der Waals surface area contributed by atoms with Crippen molar-refractivity contribution in [2.75, 3.05) is 0 Å². The second kappa shape index (κ2) is 2.26. The lowest BCUT2D eigenvalue weighted by molar-refractivity contribution is 0.165. The minimum Gasteiger partial charge on any atom is -0.491 e. The molecule has 0 spiro atoms. The molecule has 0 bridgehead atoms. The maximum absolute atomic E-state index is 5.39. The molecule has 1 rings (SSSR count). The van der Waals surface area contributed by atoms with Gasteiger partial charge in [0.25, 0.3) is 0 Å². The van der Waals surface area contributed by atoms with Gasteiger partial charge in [-0.25, -0.2) is 0 Å². The summed E-state index contributed by atoms with van der Waals surface area (Å²) in [6.45, 7) is 6.08. The summed E-state index contributed by atoms with van der Waals surface area (Å²) in [6.07, 6.45) is 4.42. The topological polar surface area (TPSA) is 9.23 Å². The van der Waals surface area contributed by atoms with Crippen LogP contribution in [0.5, 0.6) is 0 Å². The molecule has 1 heterocycles. The van der Waals surface area contributed by atoms with Gasteiger partial charge in [-0.2, -0.15) is 0 Å². The largest absolute Gasteiger partial charge is 0.491 e. The predicted molar refractivity (Wildman–Crippen MR) is 38.1 cm³/mol. The molecule has 1 heteroatoms. The zero-order chi connectivity index (χ0) is 6.85. The molecule has 0 amide bonds. The van der Waals surface area contributed by atoms with Gasteiger partial charge in [0.15, 0.2) is 0 Å². The Morgan fingerprint density at radius 1 is 1.44 bits per heavy atom. The maximum atomic E-state index is 5.39. The first-order valence-electron chi connectivity index (χ1n) is 3.22. The van der Waals surface area contributed by atoms with E-state index in [2.05, 4.69) is 19.1 Å². The zero-order valence-corrected chi connectivity index (χ0v) is 6.14. The summed E-state index contributed by atoms with van der Waals surface area (Å²) < 4.78 is 5.39. The van der Waals surface area contributed by atoms with E-state index in [1.54, 1.807) is 0 Å². The quantitative estimate of drug-likeness (QED) is 0.481. The van der Waals surface area contributed by atoms with Crippen LogP contribution in [-0.4, -0.2) is 6.10 Å². The van der Waals surface area contributed by atoms with E-state index < -0.39 is 0 Å². The van der Waals surface area contributed by atoms with Crippen molar-refractivity contribution in [2.24, 2.45) is 0 Å². The fourth-order valence-electron chi connectivity index (χ4n) is 0.808. The summed E-state index contributed by atoms with van der Waals surface area (Å²) in [6, 6.07) is 0. The summed E-state index contributed by atoms with van der Waals surface area (Å²) in [5.41, 5.74) is 1.23. The van der Waals surface area contributed by atoms with Crippen molar-refractivity contribution < 1.29 is 4.74 Å². The van der Waals surface area contributed by atoms with E-state index in [1.165, 1.54) is 5.57 Å². The molecule has 50 valence electrons. The van der Waals surface area contributed by atoms with Gasteiger partial charge in [0.05, 0.1) is 5.76 Å². The Labute approximate surface area is 56.0 Å². The van der Waals surface area contributed by atoms with Crippen LogP contribution in [0.1, 0.15) is 20.8 Å². The Bertz CT molecular complexity index is 165. The molecule has 0 aromatic heterocycles. The Balaban J connectivity index is 2.75. The van der Waals surface area contributed by atoms with Gasteiger partial charge in [0.2, 0.25) is 0 Å². The Morgan fingerprint density at radius 2 is 2.11 bits per heavy atom. The van der Waals surface area contributed by atoms with Gasteiger partial charge in [-0.1, -0.05) is 6.08 Å². The van der Waals surface area contributed by atoms with Crippen LogP contribution in [0.25, 0.3) is 0 Å². The summed E-state index contributed by atoms with van der Waals surface area (Å²) in [4.78, 5) is 0. The molecule has 1 atom stereocenters. The third kappa shape index (κ3) is 1.35. The fraction of sp³-hybridized carbons (Fsp3) is 0.500. The minimum atomic E-state index is 0.258. The summed E-state index contributed by atoms with van der Waals surface area (Å²) in [7, 11) is 0. The van der Waals surface area contributed by atoms with Gasteiger partial charge in [0.1, 0.15) is 6.10 Å². The van der Waals surface area contributed by atoms with Crippen LogP contribution in [0.15, 0.2) is 23.5 Å². The molecule has 9 heavy (non-hydrogen) atoms. The van der Waals surface area contributed by atoms with Crippen LogP contribution >= 0.6 is 0 Å². The van der Waals surface area contributed by atoms with Crippen LogP contribution < -0.4 is 0 Å². The monoisotopic (exact) mass is 124 g/mol. The standard InChI is InChI=1S/C8H12O/c1-6-4-5-7(2)9-8(6)3/h4-5,7H,1-3H3/t7-/m0/s1. The molecule has 1 aliphatic rings.